The van der Waals surface area contributed by atoms with Crippen LogP contribution in [-0.4, -0.2) is 152 Å². The lowest BCUT2D eigenvalue weighted by Gasteiger charge is -2.34. The third kappa shape index (κ3) is 12.0. The predicted molar refractivity (Wildman–Crippen MR) is 202 cm³/mol. The second-order valence-corrected chi connectivity index (χ2v) is 13.4. The molecular formula is C38H52FN9O7. The summed E-state index contributed by atoms with van der Waals surface area (Å²) in [5, 5.41) is 12.9. The van der Waals surface area contributed by atoms with Crippen molar-refractivity contribution in [3.05, 3.63) is 60.1 Å². The highest BCUT2D eigenvalue weighted by Crippen LogP contribution is 2.40. The van der Waals surface area contributed by atoms with Gasteiger partial charge in [0.2, 0.25) is 5.91 Å². The van der Waals surface area contributed by atoms with Gasteiger partial charge in [0.1, 0.15) is 5.82 Å². The Hall–Kier alpha value is -4.52. The highest BCUT2D eigenvalue weighted by molar-refractivity contribution is 5.95. The molecule has 0 unspecified atom stereocenters. The number of hydrogen-bond acceptors (Lipinski definition) is 12. The van der Waals surface area contributed by atoms with Gasteiger partial charge in [-0.25, -0.2) is 14.4 Å². The number of carbonyl (C=O) groups excluding carboxylic acids is 2. The van der Waals surface area contributed by atoms with E-state index in [0.29, 0.717) is 110 Å². The summed E-state index contributed by atoms with van der Waals surface area (Å²) in [6.45, 7) is 9.76. The van der Waals surface area contributed by atoms with Gasteiger partial charge < -0.3 is 39.2 Å². The van der Waals surface area contributed by atoms with Crippen molar-refractivity contribution in [2.75, 3.05) is 111 Å². The summed E-state index contributed by atoms with van der Waals surface area (Å²) in [4.78, 5) is 38.9. The third-order valence-electron chi connectivity index (χ3n) is 9.20. The van der Waals surface area contributed by atoms with Crippen LogP contribution in [0.25, 0.3) is 16.9 Å². The van der Waals surface area contributed by atoms with E-state index < -0.39 is 5.82 Å². The first-order valence-corrected chi connectivity index (χ1v) is 19.1. The summed E-state index contributed by atoms with van der Waals surface area (Å²) in [6.07, 6.45) is 10.4. The van der Waals surface area contributed by atoms with E-state index in [1.54, 1.807) is 35.6 Å². The number of aromatic nitrogens is 5. The molecule has 2 amide bonds. The molecule has 1 aromatic carbocycles. The quantitative estimate of drug-likeness (QED) is 0.0893. The van der Waals surface area contributed by atoms with Crippen LogP contribution in [0, 0.1) is 5.82 Å². The largest absolute Gasteiger partial charge is 0.379 e. The van der Waals surface area contributed by atoms with Crippen molar-refractivity contribution in [1.29, 1.82) is 0 Å². The number of fused-ring (bicyclic) bond motifs is 1. The summed E-state index contributed by atoms with van der Waals surface area (Å²) in [5.74, 6) is -0.138. The molecule has 0 bridgehead atoms. The van der Waals surface area contributed by atoms with Gasteiger partial charge >= 0.3 is 0 Å². The number of carbonyl (C=O) groups is 2. The number of nitrogens with zero attached hydrogens (tertiary/aromatic N) is 6. The maximum atomic E-state index is 15.5. The van der Waals surface area contributed by atoms with Gasteiger partial charge in [-0.2, -0.15) is 5.10 Å². The monoisotopic (exact) mass is 765 g/mol. The molecular weight excluding hydrogens is 713 g/mol. The second kappa shape index (κ2) is 21.0. The van der Waals surface area contributed by atoms with E-state index in [9.17, 15) is 9.59 Å². The van der Waals surface area contributed by atoms with Crippen LogP contribution in [0.2, 0.25) is 0 Å². The van der Waals surface area contributed by atoms with Gasteiger partial charge in [-0.3, -0.25) is 24.0 Å². The van der Waals surface area contributed by atoms with Crippen molar-refractivity contribution < 1.29 is 37.7 Å². The standard InChI is InChI=1S/C38H52FN9O7/c1-2-12-51-14-16-53-18-20-55-21-19-54-17-15-52-13-7-40-35(49)27-46-8-10-47(11-9-46)38(50)29-5-6-32(31(39)22-29)44-36-37-41-25-34(30-23-42-43-24-30)48(37)26-33(45-36)28-3-4-28/h5-6,22-26,28H,2-4,7-21,27H2,1H3,(H,40,49)(H,42,43)(H,44,45). The molecule has 2 fully saturated rings. The normalized spacial score (nSPS) is 14.8. The fourth-order valence-corrected chi connectivity index (χ4v) is 6.09. The molecule has 0 spiro atoms. The van der Waals surface area contributed by atoms with Crippen LogP contribution in [0.1, 0.15) is 48.2 Å². The van der Waals surface area contributed by atoms with Crippen molar-refractivity contribution in [2.45, 2.75) is 32.1 Å². The summed E-state index contributed by atoms with van der Waals surface area (Å²) in [6, 6.07) is 4.43. The van der Waals surface area contributed by atoms with Crippen LogP contribution in [-0.2, 0) is 28.5 Å². The lowest BCUT2D eigenvalue weighted by Crippen LogP contribution is -2.51. The zero-order chi connectivity index (χ0) is 38.2. The number of hydrogen-bond donors (Lipinski definition) is 3. The highest BCUT2D eigenvalue weighted by atomic mass is 19.1. The summed E-state index contributed by atoms with van der Waals surface area (Å²) in [5.41, 5.74) is 3.65. The Bertz CT molecular complexity index is 1800. The summed E-state index contributed by atoms with van der Waals surface area (Å²) >= 11 is 0. The molecule has 1 saturated heterocycles. The van der Waals surface area contributed by atoms with Gasteiger partial charge in [-0.1, -0.05) is 6.92 Å². The highest BCUT2D eigenvalue weighted by Gasteiger charge is 2.28. The third-order valence-corrected chi connectivity index (χ3v) is 9.20. The Morgan fingerprint density at radius 3 is 2.18 bits per heavy atom. The van der Waals surface area contributed by atoms with Gasteiger partial charge in [0, 0.05) is 68.8 Å². The molecule has 4 heterocycles. The average molecular weight is 766 g/mol. The van der Waals surface area contributed by atoms with Gasteiger partial charge in [0.15, 0.2) is 11.5 Å². The number of ether oxygens (including phenoxy) is 5. The van der Waals surface area contributed by atoms with E-state index in [0.717, 1.165) is 42.8 Å². The molecule has 0 radical (unpaired) electrons. The molecule has 6 rings (SSSR count). The maximum absolute atomic E-state index is 15.5. The van der Waals surface area contributed by atoms with Gasteiger partial charge in [-0.15, -0.1) is 0 Å². The number of rotatable bonds is 24. The average Bonchev–Trinajstić information content (AvgIpc) is 3.73. The SMILES string of the molecule is CCCOCCOCCOCCOCCOCCNC(=O)CN1CCN(C(=O)c2ccc(Nc3nc(C4CC4)cn4c(-c5cn[nH]c5)cnc34)c(F)c2)CC1. The Balaban J connectivity index is 0.850. The van der Waals surface area contributed by atoms with E-state index in [2.05, 4.69) is 32.7 Å². The molecule has 1 aliphatic carbocycles. The number of aromatic amines is 1. The van der Waals surface area contributed by atoms with Crippen LogP contribution >= 0.6 is 0 Å². The van der Waals surface area contributed by atoms with Gasteiger partial charge in [0.25, 0.3) is 5.91 Å². The smallest absolute Gasteiger partial charge is 0.254 e. The minimum absolute atomic E-state index is 0.109. The zero-order valence-corrected chi connectivity index (χ0v) is 31.5. The maximum Gasteiger partial charge on any atom is 0.254 e. The first-order chi connectivity index (χ1) is 27.0. The van der Waals surface area contributed by atoms with Crippen LogP contribution in [0.4, 0.5) is 15.9 Å². The molecule has 1 aliphatic heterocycles. The van der Waals surface area contributed by atoms with Crippen molar-refractivity contribution in [2.24, 2.45) is 0 Å². The topological polar surface area (TPSA) is 170 Å². The van der Waals surface area contributed by atoms with Gasteiger partial charge in [0.05, 0.1) is 95.5 Å². The minimum atomic E-state index is -0.567. The van der Waals surface area contributed by atoms with E-state index in [1.807, 2.05) is 15.5 Å². The number of amides is 2. The zero-order valence-electron chi connectivity index (χ0n) is 31.5. The Morgan fingerprint density at radius 2 is 1.56 bits per heavy atom. The molecule has 3 aromatic heterocycles. The molecule has 2 aliphatic rings. The van der Waals surface area contributed by atoms with E-state index >= 15 is 4.39 Å². The lowest BCUT2D eigenvalue weighted by molar-refractivity contribution is -0.122. The van der Waals surface area contributed by atoms with Crippen molar-refractivity contribution in [1.82, 2.24) is 39.7 Å². The number of imidazole rings is 1. The first-order valence-electron chi connectivity index (χ1n) is 19.1. The first kappa shape index (κ1) is 40.2. The van der Waals surface area contributed by atoms with Crippen LogP contribution in [0.15, 0.2) is 43.0 Å². The van der Waals surface area contributed by atoms with Crippen LogP contribution < -0.4 is 10.6 Å². The number of halogens is 1. The fraction of sp³-hybridized carbons (Fsp3) is 0.553. The predicted octanol–water partition coefficient (Wildman–Crippen LogP) is 3.25. The summed E-state index contributed by atoms with van der Waals surface area (Å²) < 4.78 is 44.7. The molecule has 17 heteroatoms. The number of H-pyrrole nitrogens is 1. The molecule has 298 valence electrons. The summed E-state index contributed by atoms with van der Waals surface area (Å²) in [7, 11) is 0. The van der Waals surface area contributed by atoms with Crippen molar-refractivity contribution in [3.63, 3.8) is 0 Å². The number of piperazine rings is 1. The minimum Gasteiger partial charge on any atom is -0.379 e. The molecule has 4 aromatic rings. The second-order valence-electron chi connectivity index (χ2n) is 13.4. The number of benzene rings is 1. The van der Waals surface area contributed by atoms with E-state index in [4.69, 9.17) is 28.7 Å². The molecule has 1 saturated carbocycles. The molecule has 3 N–H and O–H groups in total. The van der Waals surface area contributed by atoms with Crippen LogP contribution in [0.5, 0.6) is 0 Å². The van der Waals surface area contributed by atoms with Crippen LogP contribution in [0.3, 0.4) is 0 Å². The Morgan fingerprint density at radius 1 is 0.891 bits per heavy atom. The number of nitrogens with one attached hydrogen (secondary N) is 3. The lowest BCUT2D eigenvalue weighted by atomic mass is 10.1. The van der Waals surface area contributed by atoms with E-state index in [-0.39, 0.29) is 29.6 Å². The molecule has 0 atom stereocenters. The Labute approximate surface area is 320 Å². The van der Waals surface area contributed by atoms with Gasteiger partial charge in [-0.05, 0) is 37.5 Å². The fourth-order valence-electron chi connectivity index (χ4n) is 6.09. The molecule has 16 nitrogen and oxygen atoms in total. The van der Waals surface area contributed by atoms with Crippen molar-refractivity contribution in [3.8, 4) is 11.3 Å². The number of anilines is 2. The van der Waals surface area contributed by atoms with E-state index in [1.165, 1.54) is 6.07 Å². The van der Waals surface area contributed by atoms with Crippen molar-refractivity contribution >= 4 is 29.0 Å². The molecule has 55 heavy (non-hydrogen) atoms. The Kier molecular flexibility index (Phi) is 15.3.